The highest BCUT2D eigenvalue weighted by Crippen LogP contribution is 2.40. The van der Waals surface area contributed by atoms with Crippen molar-refractivity contribution in [3.8, 4) is 5.75 Å². The highest BCUT2D eigenvalue weighted by atomic mass is 16.9. The van der Waals surface area contributed by atoms with E-state index in [1.54, 1.807) is 38.2 Å². The molecule has 1 aliphatic rings. The number of carbonyl (C=O) groups is 2. The molecule has 1 aromatic carbocycles. The Morgan fingerprint density at radius 1 is 1.19 bits per heavy atom. The van der Waals surface area contributed by atoms with E-state index in [-0.39, 0.29) is 38.8 Å². The molecule has 10 nitrogen and oxygen atoms in total. The van der Waals surface area contributed by atoms with Gasteiger partial charge in [-0.15, -0.1) is 10.1 Å². The number of nitrogens with zero attached hydrogens (tertiary/aromatic N) is 2. The average molecular weight is 450 g/mol. The first-order valence-electron chi connectivity index (χ1n) is 10.5. The lowest BCUT2D eigenvalue weighted by molar-refractivity contribution is -0.757. The topological polar surface area (TPSA) is 117 Å². The number of ether oxygens (including phenoxy) is 3. The van der Waals surface area contributed by atoms with Gasteiger partial charge in [-0.25, -0.2) is 4.79 Å². The summed E-state index contributed by atoms with van der Waals surface area (Å²) < 4.78 is 16.1. The predicted octanol–water partition coefficient (Wildman–Crippen LogP) is 3.28. The van der Waals surface area contributed by atoms with Crippen LogP contribution in [0.1, 0.15) is 40.5 Å². The van der Waals surface area contributed by atoms with Crippen LogP contribution in [0.15, 0.2) is 36.0 Å². The van der Waals surface area contributed by atoms with E-state index >= 15 is 0 Å². The van der Waals surface area contributed by atoms with E-state index in [0.29, 0.717) is 23.4 Å². The second kappa shape index (κ2) is 11.4. The van der Waals surface area contributed by atoms with Crippen LogP contribution >= 0.6 is 0 Å². The summed E-state index contributed by atoms with van der Waals surface area (Å²) >= 11 is 0. The molecule has 1 aliphatic heterocycles. The minimum Gasteiger partial charge on any atom is -0.493 e. The number of hydrogen-bond acceptors (Lipinski definition) is 9. The molecule has 0 saturated heterocycles. The van der Waals surface area contributed by atoms with Crippen LogP contribution in [0, 0.1) is 16.0 Å². The third kappa shape index (κ3) is 6.35. The summed E-state index contributed by atoms with van der Waals surface area (Å²) in [5.74, 6) is -0.893. The first-order valence-corrected chi connectivity index (χ1v) is 10.5. The zero-order chi connectivity index (χ0) is 23.7. The van der Waals surface area contributed by atoms with Crippen LogP contribution in [0.3, 0.4) is 0 Å². The third-order valence-corrected chi connectivity index (χ3v) is 5.14. The Morgan fingerprint density at radius 3 is 2.56 bits per heavy atom. The van der Waals surface area contributed by atoms with Gasteiger partial charge in [0.2, 0.25) is 0 Å². The van der Waals surface area contributed by atoms with Crippen molar-refractivity contribution in [2.75, 3.05) is 31.3 Å². The van der Waals surface area contributed by atoms with Crippen molar-refractivity contribution < 1.29 is 33.7 Å². The molecule has 1 unspecified atom stereocenters. The number of benzene rings is 1. The normalized spacial score (nSPS) is 17.2. The summed E-state index contributed by atoms with van der Waals surface area (Å²) in [5.41, 5.74) is 0.401. The zero-order valence-corrected chi connectivity index (χ0v) is 18.9. The summed E-state index contributed by atoms with van der Waals surface area (Å²) in [6, 6.07) is 7.17. The van der Waals surface area contributed by atoms with Gasteiger partial charge in [0.25, 0.3) is 5.09 Å². The summed E-state index contributed by atoms with van der Waals surface area (Å²) in [7, 11) is 0. The number of carbonyl (C=O) groups excluding carboxylic acids is 2. The van der Waals surface area contributed by atoms with Crippen LogP contribution in [-0.2, 0) is 23.9 Å². The third-order valence-electron chi connectivity index (χ3n) is 5.14. The SMILES string of the molecule is CCOC(=O)C1=CN(c2cccc(OCCCO[N+](=O)[O-])c2)C(C)(C)C(C(=O)OCC)C1. The molecular formula is C22H30N2O8. The molecule has 0 aliphatic carbocycles. The summed E-state index contributed by atoms with van der Waals surface area (Å²) in [6.07, 6.45) is 2.27. The molecule has 2 rings (SSSR count). The maximum Gasteiger partial charge on any atom is 0.335 e. The molecule has 0 fully saturated rings. The van der Waals surface area contributed by atoms with Gasteiger partial charge in [-0.05, 0) is 46.2 Å². The van der Waals surface area contributed by atoms with Crippen LogP contribution in [-0.4, -0.2) is 49.0 Å². The Hall–Kier alpha value is -3.30. The Morgan fingerprint density at radius 2 is 1.91 bits per heavy atom. The Balaban J connectivity index is 2.28. The quantitative estimate of drug-likeness (QED) is 0.217. The molecule has 0 N–H and O–H groups in total. The Kier molecular flexibility index (Phi) is 8.86. The van der Waals surface area contributed by atoms with Gasteiger partial charge in [0, 0.05) is 24.4 Å². The lowest BCUT2D eigenvalue weighted by Crippen LogP contribution is -2.53. The van der Waals surface area contributed by atoms with Gasteiger partial charge < -0.3 is 23.9 Å². The molecule has 1 heterocycles. The molecule has 0 saturated carbocycles. The molecule has 176 valence electrons. The summed E-state index contributed by atoms with van der Waals surface area (Å²) in [5, 5.41) is 9.37. The number of anilines is 1. The minimum absolute atomic E-state index is 0.0568. The Bertz CT molecular complexity index is 852. The maximum absolute atomic E-state index is 12.7. The molecule has 10 heteroatoms. The minimum atomic E-state index is -0.841. The van der Waals surface area contributed by atoms with Crippen molar-refractivity contribution in [1.82, 2.24) is 0 Å². The van der Waals surface area contributed by atoms with Crippen molar-refractivity contribution >= 4 is 17.6 Å². The van der Waals surface area contributed by atoms with Crippen LogP contribution in [0.5, 0.6) is 5.75 Å². The Labute approximate surface area is 187 Å². The highest BCUT2D eigenvalue weighted by molar-refractivity contribution is 5.91. The molecule has 0 aromatic heterocycles. The van der Waals surface area contributed by atoms with Crippen LogP contribution in [0.4, 0.5) is 5.69 Å². The predicted molar refractivity (Wildman–Crippen MR) is 116 cm³/mol. The van der Waals surface area contributed by atoms with Crippen LogP contribution in [0.2, 0.25) is 0 Å². The number of hydrogen-bond donors (Lipinski definition) is 0. The summed E-state index contributed by atoms with van der Waals surface area (Å²) in [6.45, 7) is 7.94. The molecule has 0 radical (unpaired) electrons. The largest absolute Gasteiger partial charge is 0.493 e. The van der Waals surface area contributed by atoms with Gasteiger partial charge in [0.05, 0.1) is 43.5 Å². The number of esters is 2. The van der Waals surface area contributed by atoms with E-state index in [9.17, 15) is 19.7 Å². The second-order valence-corrected chi connectivity index (χ2v) is 7.66. The van der Waals surface area contributed by atoms with Gasteiger partial charge in [0.1, 0.15) is 5.75 Å². The van der Waals surface area contributed by atoms with Crippen molar-refractivity contribution in [3.05, 3.63) is 46.2 Å². The molecule has 0 bridgehead atoms. The molecule has 0 spiro atoms. The molecule has 0 amide bonds. The molecular weight excluding hydrogens is 420 g/mol. The smallest absolute Gasteiger partial charge is 0.335 e. The van der Waals surface area contributed by atoms with Crippen LogP contribution in [0.25, 0.3) is 0 Å². The first-order chi connectivity index (χ1) is 15.2. The fourth-order valence-electron chi connectivity index (χ4n) is 3.51. The lowest BCUT2D eigenvalue weighted by Gasteiger charge is -2.46. The highest BCUT2D eigenvalue weighted by Gasteiger charge is 2.45. The van der Waals surface area contributed by atoms with E-state index in [4.69, 9.17) is 14.2 Å². The first kappa shape index (κ1) is 25.0. The second-order valence-electron chi connectivity index (χ2n) is 7.66. The maximum atomic E-state index is 12.7. The summed E-state index contributed by atoms with van der Waals surface area (Å²) in [4.78, 5) is 41.5. The monoisotopic (exact) mass is 450 g/mol. The lowest BCUT2D eigenvalue weighted by atomic mass is 9.78. The van der Waals surface area contributed by atoms with Gasteiger partial charge in [0.15, 0.2) is 0 Å². The number of rotatable bonds is 11. The van der Waals surface area contributed by atoms with E-state index in [0.717, 1.165) is 0 Å². The van der Waals surface area contributed by atoms with E-state index < -0.39 is 22.5 Å². The van der Waals surface area contributed by atoms with E-state index in [2.05, 4.69) is 4.84 Å². The van der Waals surface area contributed by atoms with Crippen molar-refractivity contribution in [1.29, 1.82) is 0 Å². The zero-order valence-electron chi connectivity index (χ0n) is 18.9. The van der Waals surface area contributed by atoms with E-state index in [1.165, 1.54) is 0 Å². The molecule has 1 atom stereocenters. The van der Waals surface area contributed by atoms with E-state index in [1.807, 2.05) is 24.8 Å². The van der Waals surface area contributed by atoms with Crippen LogP contribution < -0.4 is 9.64 Å². The average Bonchev–Trinajstić information content (AvgIpc) is 2.73. The van der Waals surface area contributed by atoms with Crippen molar-refractivity contribution in [3.63, 3.8) is 0 Å². The van der Waals surface area contributed by atoms with Gasteiger partial charge in [-0.3, -0.25) is 4.79 Å². The van der Waals surface area contributed by atoms with Gasteiger partial charge in [-0.1, -0.05) is 6.07 Å². The van der Waals surface area contributed by atoms with Gasteiger partial charge in [-0.2, -0.15) is 0 Å². The fourth-order valence-corrected chi connectivity index (χ4v) is 3.51. The molecule has 32 heavy (non-hydrogen) atoms. The van der Waals surface area contributed by atoms with Gasteiger partial charge >= 0.3 is 11.9 Å². The standard InChI is InChI=1S/C22H30N2O8/c1-5-29-20(25)16-13-19(21(26)30-6-2)22(3,4)23(15-16)17-9-7-10-18(14-17)31-11-8-12-32-24(27)28/h7,9-10,14-15,19H,5-6,8,11-13H2,1-4H3. The van der Waals surface area contributed by atoms with Crippen molar-refractivity contribution in [2.24, 2.45) is 5.92 Å². The fraction of sp³-hybridized carbons (Fsp3) is 0.545. The van der Waals surface area contributed by atoms with Crippen molar-refractivity contribution in [2.45, 2.75) is 46.1 Å². The molecule has 1 aromatic rings.